The maximum atomic E-state index is 5.91. The van der Waals surface area contributed by atoms with Crippen molar-refractivity contribution in [3.8, 4) is 0 Å². The fraction of sp³-hybridized carbons (Fsp3) is 0.158. The molecular weight excluding hydrogens is 306 g/mol. The lowest BCUT2D eigenvalue weighted by Gasteiger charge is -2.22. The Bertz CT molecular complexity index is 690. The highest BCUT2D eigenvalue weighted by molar-refractivity contribution is 6.28. The van der Waals surface area contributed by atoms with Crippen molar-refractivity contribution >= 4 is 11.6 Å². The van der Waals surface area contributed by atoms with E-state index < -0.39 is 0 Å². The van der Waals surface area contributed by atoms with Gasteiger partial charge < -0.3 is 0 Å². The van der Waals surface area contributed by atoms with Gasteiger partial charge in [-0.25, -0.2) is 9.97 Å². The van der Waals surface area contributed by atoms with Crippen molar-refractivity contribution in [3.05, 3.63) is 95.0 Å². The number of hydrogen-bond acceptors (Lipinski definition) is 3. The third kappa shape index (κ3) is 4.88. The number of hydrogen-bond donors (Lipinski definition) is 0. The van der Waals surface area contributed by atoms with Crippen molar-refractivity contribution in [3.63, 3.8) is 0 Å². The lowest BCUT2D eigenvalue weighted by molar-refractivity contribution is 0.244. The van der Waals surface area contributed by atoms with Crippen molar-refractivity contribution in [1.29, 1.82) is 0 Å². The molecule has 1 aromatic heterocycles. The van der Waals surface area contributed by atoms with Crippen LogP contribution in [0.1, 0.15) is 16.8 Å². The van der Waals surface area contributed by atoms with Gasteiger partial charge in [-0.3, -0.25) is 4.90 Å². The quantitative estimate of drug-likeness (QED) is 0.632. The fourth-order valence-corrected chi connectivity index (χ4v) is 2.70. The minimum atomic E-state index is 0.293. The third-order valence-electron chi connectivity index (χ3n) is 3.57. The van der Waals surface area contributed by atoms with Gasteiger partial charge in [-0.1, -0.05) is 60.7 Å². The minimum Gasteiger partial charge on any atom is -0.289 e. The molecule has 0 bridgehead atoms. The van der Waals surface area contributed by atoms with Gasteiger partial charge in [0.15, 0.2) is 0 Å². The standard InChI is InChI=1S/C19H18ClN3/c20-19-21-12-11-18(22-19)15-23(13-16-7-3-1-4-8-16)14-17-9-5-2-6-10-17/h1-12H,13-15H2. The Labute approximate surface area is 141 Å². The molecule has 0 aliphatic heterocycles. The molecule has 0 spiro atoms. The Balaban J connectivity index is 1.77. The molecule has 3 rings (SSSR count). The second-order valence-electron chi connectivity index (χ2n) is 5.43. The Morgan fingerprint density at radius 1 is 0.739 bits per heavy atom. The van der Waals surface area contributed by atoms with E-state index in [0.717, 1.165) is 25.3 Å². The van der Waals surface area contributed by atoms with Gasteiger partial charge in [0.2, 0.25) is 5.28 Å². The first-order valence-corrected chi connectivity index (χ1v) is 7.95. The molecule has 0 aliphatic carbocycles. The molecule has 23 heavy (non-hydrogen) atoms. The lowest BCUT2D eigenvalue weighted by Crippen LogP contribution is -2.23. The SMILES string of the molecule is Clc1nccc(CN(Cc2ccccc2)Cc2ccccc2)n1. The molecule has 0 radical (unpaired) electrons. The first kappa shape index (κ1) is 15.7. The van der Waals surface area contributed by atoms with Crippen LogP contribution in [0, 0.1) is 0 Å². The monoisotopic (exact) mass is 323 g/mol. The maximum absolute atomic E-state index is 5.91. The van der Waals surface area contributed by atoms with Crippen molar-refractivity contribution in [2.24, 2.45) is 0 Å². The topological polar surface area (TPSA) is 29.0 Å². The van der Waals surface area contributed by atoms with Gasteiger partial charge in [0.05, 0.1) is 5.69 Å². The molecule has 3 aromatic rings. The summed E-state index contributed by atoms with van der Waals surface area (Å²) in [5.41, 5.74) is 3.49. The molecular formula is C19H18ClN3. The Morgan fingerprint density at radius 2 is 1.30 bits per heavy atom. The van der Waals surface area contributed by atoms with Crippen LogP contribution < -0.4 is 0 Å². The van der Waals surface area contributed by atoms with Crippen molar-refractivity contribution < 1.29 is 0 Å². The summed E-state index contributed by atoms with van der Waals surface area (Å²) in [6.45, 7) is 2.45. The molecule has 3 nitrogen and oxygen atoms in total. The van der Waals surface area contributed by atoms with Gasteiger partial charge in [-0.2, -0.15) is 0 Å². The molecule has 0 saturated carbocycles. The van der Waals surface area contributed by atoms with Crippen molar-refractivity contribution in [2.75, 3.05) is 0 Å². The molecule has 116 valence electrons. The van der Waals surface area contributed by atoms with Crippen LogP contribution in [0.4, 0.5) is 0 Å². The van der Waals surface area contributed by atoms with E-state index in [1.165, 1.54) is 11.1 Å². The first-order chi connectivity index (χ1) is 11.3. The van der Waals surface area contributed by atoms with Crippen molar-refractivity contribution in [2.45, 2.75) is 19.6 Å². The van der Waals surface area contributed by atoms with Crippen LogP contribution in [0.25, 0.3) is 0 Å². The highest BCUT2D eigenvalue weighted by atomic mass is 35.5. The van der Waals surface area contributed by atoms with E-state index in [9.17, 15) is 0 Å². The predicted molar refractivity (Wildman–Crippen MR) is 92.9 cm³/mol. The van der Waals surface area contributed by atoms with Crippen LogP contribution in [-0.2, 0) is 19.6 Å². The van der Waals surface area contributed by atoms with E-state index in [1.807, 2.05) is 18.2 Å². The summed E-state index contributed by atoms with van der Waals surface area (Å²) < 4.78 is 0. The molecule has 0 unspecified atom stereocenters. The number of aromatic nitrogens is 2. The van der Waals surface area contributed by atoms with Crippen LogP contribution in [-0.4, -0.2) is 14.9 Å². The molecule has 1 heterocycles. The average Bonchev–Trinajstić information content (AvgIpc) is 2.57. The zero-order valence-electron chi connectivity index (χ0n) is 12.8. The normalized spacial score (nSPS) is 10.9. The third-order valence-corrected chi connectivity index (χ3v) is 3.75. The van der Waals surface area contributed by atoms with Crippen LogP contribution in [0.2, 0.25) is 5.28 Å². The summed E-state index contributed by atoms with van der Waals surface area (Å²) in [5.74, 6) is 0. The highest BCUT2D eigenvalue weighted by Gasteiger charge is 2.09. The number of nitrogens with zero attached hydrogens (tertiary/aromatic N) is 3. The number of benzene rings is 2. The summed E-state index contributed by atoms with van der Waals surface area (Å²) >= 11 is 5.91. The second kappa shape index (κ2) is 7.86. The summed E-state index contributed by atoms with van der Waals surface area (Å²) in [6.07, 6.45) is 1.70. The van der Waals surface area contributed by atoms with Gasteiger partial charge in [0.1, 0.15) is 0 Å². The van der Waals surface area contributed by atoms with Gasteiger partial charge in [-0.05, 0) is 28.8 Å². The van der Waals surface area contributed by atoms with Gasteiger partial charge in [0, 0.05) is 25.8 Å². The van der Waals surface area contributed by atoms with E-state index in [1.54, 1.807) is 6.20 Å². The molecule has 0 fully saturated rings. The Kier molecular flexibility index (Phi) is 5.35. The van der Waals surface area contributed by atoms with Crippen LogP contribution in [0.3, 0.4) is 0 Å². The molecule has 0 aliphatic rings. The van der Waals surface area contributed by atoms with Gasteiger partial charge in [-0.15, -0.1) is 0 Å². The molecule has 2 aromatic carbocycles. The van der Waals surface area contributed by atoms with Crippen LogP contribution in [0.15, 0.2) is 72.9 Å². The summed E-state index contributed by atoms with van der Waals surface area (Å²) in [7, 11) is 0. The largest absolute Gasteiger partial charge is 0.289 e. The smallest absolute Gasteiger partial charge is 0.222 e. The van der Waals surface area contributed by atoms with E-state index in [4.69, 9.17) is 11.6 Å². The van der Waals surface area contributed by atoms with E-state index >= 15 is 0 Å². The van der Waals surface area contributed by atoms with Crippen molar-refractivity contribution in [1.82, 2.24) is 14.9 Å². The first-order valence-electron chi connectivity index (χ1n) is 7.57. The predicted octanol–water partition coefficient (Wildman–Crippen LogP) is 4.33. The summed E-state index contributed by atoms with van der Waals surface area (Å²) in [5, 5.41) is 0.293. The van der Waals surface area contributed by atoms with Gasteiger partial charge >= 0.3 is 0 Å². The number of halogens is 1. The fourth-order valence-electron chi connectivity index (χ4n) is 2.54. The lowest BCUT2D eigenvalue weighted by atomic mass is 10.1. The van der Waals surface area contributed by atoms with E-state index in [0.29, 0.717) is 5.28 Å². The Morgan fingerprint density at radius 3 is 1.83 bits per heavy atom. The molecule has 0 atom stereocenters. The van der Waals surface area contributed by atoms with Crippen LogP contribution >= 0.6 is 11.6 Å². The van der Waals surface area contributed by atoms with E-state index in [-0.39, 0.29) is 0 Å². The van der Waals surface area contributed by atoms with Gasteiger partial charge in [0.25, 0.3) is 0 Å². The number of rotatable bonds is 6. The van der Waals surface area contributed by atoms with E-state index in [2.05, 4.69) is 63.4 Å². The minimum absolute atomic E-state index is 0.293. The zero-order chi connectivity index (χ0) is 15.9. The zero-order valence-corrected chi connectivity index (χ0v) is 13.5. The Hall–Kier alpha value is -2.23. The molecule has 0 N–H and O–H groups in total. The van der Waals surface area contributed by atoms with Crippen LogP contribution in [0.5, 0.6) is 0 Å². The summed E-state index contributed by atoms with van der Waals surface area (Å²) in [4.78, 5) is 10.6. The molecule has 4 heteroatoms. The second-order valence-corrected chi connectivity index (χ2v) is 5.77. The average molecular weight is 324 g/mol. The molecule has 0 amide bonds. The highest BCUT2D eigenvalue weighted by Crippen LogP contribution is 2.13. The molecule has 0 saturated heterocycles. The maximum Gasteiger partial charge on any atom is 0.222 e. The summed E-state index contributed by atoms with van der Waals surface area (Å²) in [6, 6.07) is 22.8.